The first-order valence-corrected chi connectivity index (χ1v) is 15.2. The summed E-state index contributed by atoms with van der Waals surface area (Å²) in [7, 11) is 0. The Balaban J connectivity index is 1.33. The maximum absolute atomic E-state index is 9.49. The molecule has 9 rings (SSSR count). The minimum absolute atomic E-state index is 0.705. The standard InChI is InChI=1S/C37H20N2S2/c38-21-22-13-16-33-28(19-22)27-15-18-35-36(37(27)41-33)29-20-23(14-17-34(29)40-35)24-7-1-4-10-30(24)39-31-11-5-2-8-25(31)26-9-3-6-12-32(26)39/h1-20H. The van der Waals surface area contributed by atoms with Crippen molar-refractivity contribution < 1.29 is 0 Å². The highest BCUT2D eigenvalue weighted by atomic mass is 32.1. The second-order valence-corrected chi connectivity index (χ2v) is 12.6. The average molecular weight is 557 g/mol. The van der Waals surface area contributed by atoms with Gasteiger partial charge in [0, 0.05) is 56.7 Å². The molecular formula is C37H20N2S2. The Morgan fingerprint density at radius 1 is 0.537 bits per heavy atom. The molecule has 0 amide bonds. The molecule has 0 unspecified atom stereocenters. The van der Waals surface area contributed by atoms with Crippen molar-refractivity contribution in [2.75, 3.05) is 0 Å². The van der Waals surface area contributed by atoms with Gasteiger partial charge in [0.2, 0.25) is 0 Å². The number of para-hydroxylation sites is 3. The Morgan fingerprint density at radius 2 is 1.22 bits per heavy atom. The Morgan fingerprint density at radius 3 is 2.02 bits per heavy atom. The predicted octanol–water partition coefficient (Wildman–Crippen LogP) is 11.1. The summed E-state index contributed by atoms with van der Waals surface area (Å²) in [6.07, 6.45) is 0. The van der Waals surface area contributed by atoms with Crippen molar-refractivity contribution >= 4 is 84.8 Å². The largest absolute Gasteiger partial charge is 0.309 e. The van der Waals surface area contributed by atoms with E-state index in [1.165, 1.54) is 73.6 Å². The zero-order valence-corrected chi connectivity index (χ0v) is 23.4. The van der Waals surface area contributed by atoms with Crippen LogP contribution in [0.4, 0.5) is 0 Å². The van der Waals surface area contributed by atoms with Gasteiger partial charge in [-0.1, -0.05) is 66.7 Å². The summed E-state index contributed by atoms with van der Waals surface area (Å²) in [6.45, 7) is 0. The summed E-state index contributed by atoms with van der Waals surface area (Å²) in [4.78, 5) is 0. The van der Waals surface area contributed by atoms with Crippen molar-refractivity contribution in [3.05, 3.63) is 127 Å². The molecule has 0 saturated heterocycles. The van der Waals surface area contributed by atoms with E-state index in [2.05, 4.69) is 120 Å². The second kappa shape index (κ2) is 8.52. The summed E-state index contributed by atoms with van der Waals surface area (Å²) in [5, 5.41) is 17.0. The van der Waals surface area contributed by atoms with Crippen molar-refractivity contribution in [1.82, 2.24) is 4.57 Å². The van der Waals surface area contributed by atoms with Crippen molar-refractivity contribution in [1.29, 1.82) is 5.26 Å². The first kappa shape index (κ1) is 22.8. The lowest BCUT2D eigenvalue weighted by atomic mass is 10.00. The molecule has 2 nitrogen and oxygen atoms in total. The van der Waals surface area contributed by atoms with Crippen molar-refractivity contribution in [3.63, 3.8) is 0 Å². The third-order valence-electron chi connectivity index (χ3n) is 8.24. The van der Waals surface area contributed by atoms with E-state index in [-0.39, 0.29) is 0 Å². The highest BCUT2D eigenvalue weighted by molar-refractivity contribution is 7.29. The fourth-order valence-corrected chi connectivity index (χ4v) is 8.83. The van der Waals surface area contributed by atoms with Crippen molar-refractivity contribution in [3.8, 4) is 22.9 Å². The molecule has 0 aliphatic rings. The van der Waals surface area contributed by atoms with E-state index in [0.717, 1.165) is 5.39 Å². The predicted molar refractivity (Wildman–Crippen MR) is 177 cm³/mol. The number of hydrogen-bond acceptors (Lipinski definition) is 3. The smallest absolute Gasteiger partial charge is 0.0991 e. The molecule has 3 heterocycles. The van der Waals surface area contributed by atoms with Crippen LogP contribution in [0.2, 0.25) is 0 Å². The van der Waals surface area contributed by atoms with Crippen LogP contribution in [0, 0.1) is 11.3 Å². The minimum atomic E-state index is 0.705. The molecule has 41 heavy (non-hydrogen) atoms. The van der Waals surface area contributed by atoms with Gasteiger partial charge in [-0.15, -0.1) is 22.7 Å². The zero-order chi connectivity index (χ0) is 27.1. The van der Waals surface area contributed by atoms with Crippen LogP contribution in [0.5, 0.6) is 0 Å². The van der Waals surface area contributed by atoms with Crippen LogP contribution in [0.3, 0.4) is 0 Å². The first-order valence-electron chi connectivity index (χ1n) is 13.6. The molecule has 3 aromatic heterocycles. The Bertz CT molecular complexity index is 2500. The molecule has 0 radical (unpaired) electrons. The topological polar surface area (TPSA) is 28.7 Å². The number of benzene rings is 6. The molecule has 0 aliphatic carbocycles. The number of nitrogens with zero attached hydrogens (tertiary/aromatic N) is 2. The summed E-state index contributed by atoms with van der Waals surface area (Å²) < 4.78 is 7.52. The van der Waals surface area contributed by atoms with E-state index < -0.39 is 0 Å². The number of hydrogen-bond donors (Lipinski definition) is 0. The van der Waals surface area contributed by atoms with Gasteiger partial charge in [-0.05, 0) is 60.2 Å². The van der Waals surface area contributed by atoms with Gasteiger partial charge in [-0.3, -0.25) is 0 Å². The molecular weight excluding hydrogens is 537 g/mol. The molecule has 0 atom stereocenters. The zero-order valence-electron chi connectivity index (χ0n) is 21.8. The molecule has 4 heteroatoms. The molecule has 9 aromatic rings. The number of nitriles is 1. The third-order valence-corrected chi connectivity index (χ3v) is 10.6. The lowest BCUT2D eigenvalue weighted by Gasteiger charge is -2.14. The van der Waals surface area contributed by atoms with E-state index in [4.69, 9.17) is 0 Å². The maximum Gasteiger partial charge on any atom is 0.0991 e. The van der Waals surface area contributed by atoms with Gasteiger partial charge < -0.3 is 4.57 Å². The minimum Gasteiger partial charge on any atom is -0.309 e. The van der Waals surface area contributed by atoms with Gasteiger partial charge in [-0.2, -0.15) is 5.26 Å². The van der Waals surface area contributed by atoms with Crippen LogP contribution in [-0.2, 0) is 0 Å². The average Bonchev–Trinajstić information content (AvgIpc) is 3.69. The Labute approximate surface area is 243 Å². The van der Waals surface area contributed by atoms with E-state index >= 15 is 0 Å². The molecule has 0 fully saturated rings. The van der Waals surface area contributed by atoms with Gasteiger partial charge >= 0.3 is 0 Å². The quantitative estimate of drug-likeness (QED) is 0.208. The maximum atomic E-state index is 9.49. The number of thiophene rings is 2. The Kier molecular flexibility index (Phi) is 4.74. The number of rotatable bonds is 2. The van der Waals surface area contributed by atoms with Gasteiger partial charge in [0.15, 0.2) is 0 Å². The highest BCUT2D eigenvalue weighted by Gasteiger charge is 2.17. The normalized spacial score (nSPS) is 11.9. The monoisotopic (exact) mass is 556 g/mol. The fraction of sp³-hybridized carbons (Fsp3) is 0. The van der Waals surface area contributed by atoms with Gasteiger partial charge in [0.1, 0.15) is 0 Å². The van der Waals surface area contributed by atoms with Crippen molar-refractivity contribution in [2.24, 2.45) is 0 Å². The van der Waals surface area contributed by atoms with Crippen LogP contribution < -0.4 is 0 Å². The number of fused-ring (bicyclic) bond motifs is 10. The van der Waals surface area contributed by atoms with Crippen LogP contribution in [0.1, 0.15) is 5.56 Å². The molecule has 0 N–H and O–H groups in total. The molecule has 0 saturated carbocycles. The summed E-state index contributed by atoms with van der Waals surface area (Å²) in [5.74, 6) is 0. The molecule has 0 spiro atoms. The second-order valence-electron chi connectivity index (χ2n) is 10.4. The van der Waals surface area contributed by atoms with E-state index in [1.54, 1.807) is 0 Å². The molecule has 190 valence electrons. The van der Waals surface area contributed by atoms with E-state index in [0.29, 0.717) is 5.56 Å². The van der Waals surface area contributed by atoms with Crippen molar-refractivity contribution in [2.45, 2.75) is 0 Å². The van der Waals surface area contributed by atoms with Gasteiger partial charge in [-0.25, -0.2) is 0 Å². The lowest BCUT2D eigenvalue weighted by molar-refractivity contribution is 1.18. The summed E-state index contributed by atoms with van der Waals surface area (Å²) in [5.41, 5.74) is 6.73. The fourth-order valence-electron chi connectivity index (χ4n) is 6.43. The highest BCUT2D eigenvalue weighted by Crippen LogP contribution is 2.46. The third kappa shape index (κ3) is 3.22. The van der Waals surface area contributed by atoms with Crippen LogP contribution in [0.25, 0.3) is 79.0 Å². The SMILES string of the molecule is N#Cc1ccc2sc3c(ccc4sc5ccc(-c6ccccc6-n6c7ccccc7c7ccccc76)cc5c43)c2c1. The van der Waals surface area contributed by atoms with E-state index in [1.807, 2.05) is 34.8 Å². The number of aromatic nitrogens is 1. The molecule has 0 aliphatic heterocycles. The lowest BCUT2D eigenvalue weighted by Crippen LogP contribution is -1.96. The summed E-state index contributed by atoms with van der Waals surface area (Å²) in [6, 6.07) is 45.9. The molecule has 0 bridgehead atoms. The van der Waals surface area contributed by atoms with E-state index in [9.17, 15) is 5.26 Å². The first-order chi connectivity index (χ1) is 20.3. The Hall–Kier alpha value is -4.95. The summed E-state index contributed by atoms with van der Waals surface area (Å²) >= 11 is 3.68. The van der Waals surface area contributed by atoms with Gasteiger partial charge in [0.05, 0.1) is 28.4 Å². The van der Waals surface area contributed by atoms with Crippen LogP contribution in [0.15, 0.2) is 121 Å². The van der Waals surface area contributed by atoms with Crippen LogP contribution >= 0.6 is 22.7 Å². The molecule has 6 aromatic carbocycles. The van der Waals surface area contributed by atoms with Gasteiger partial charge in [0.25, 0.3) is 0 Å². The van der Waals surface area contributed by atoms with Crippen LogP contribution in [-0.4, -0.2) is 4.57 Å².